The van der Waals surface area contributed by atoms with E-state index in [4.69, 9.17) is 9.47 Å². The van der Waals surface area contributed by atoms with Crippen molar-refractivity contribution in [1.29, 1.82) is 0 Å². The molecule has 0 bridgehead atoms. The first kappa shape index (κ1) is 27.3. The molecule has 1 saturated heterocycles. The van der Waals surface area contributed by atoms with Crippen LogP contribution in [0.15, 0.2) is 48.5 Å². The summed E-state index contributed by atoms with van der Waals surface area (Å²) < 4.78 is 81.5. The average molecular weight is 523 g/mol. The molecule has 3 aromatic rings. The minimum atomic E-state index is -4.97. The van der Waals surface area contributed by atoms with Crippen molar-refractivity contribution in [1.82, 2.24) is 0 Å². The van der Waals surface area contributed by atoms with Crippen LogP contribution in [0.5, 0.6) is 5.75 Å². The largest absolute Gasteiger partial charge is 0.573 e. The monoisotopic (exact) mass is 522 g/mol. The van der Waals surface area contributed by atoms with E-state index in [2.05, 4.69) is 11.7 Å². The highest BCUT2D eigenvalue weighted by Gasteiger charge is 2.32. The Morgan fingerprint density at radius 3 is 2.30 bits per heavy atom. The van der Waals surface area contributed by atoms with E-state index in [0.29, 0.717) is 22.4 Å². The molecule has 3 nitrogen and oxygen atoms in total. The second-order valence-electron chi connectivity index (χ2n) is 9.55. The number of halogens is 5. The quantitative estimate of drug-likeness (QED) is 0.253. The minimum Gasteiger partial charge on any atom is -0.403 e. The molecule has 1 aliphatic rings. The van der Waals surface area contributed by atoms with Crippen molar-refractivity contribution in [2.24, 2.45) is 5.92 Å². The van der Waals surface area contributed by atoms with Gasteiger partial charge in [-0.2, -0.15) is 0 Å². The molecule has 0 spiro atoms. The van der Waals surface area contributed by atoms with E-state index in [-0.39, 0.29) is 24.9 Å². The van der Waals surface area contributed by atoms with E-state index >= 15 is 4.39 Å². The summed E-state index contributed by atoms with van der Waals surface area (Å²) >= 11 is 0. The standard InChI is InChI=1S/C29H31F5O3/c1-2-3-4-21-17-35-27(36-18-21)14-8-19-6-12-24-23(15-19)11-10-22(28(24)31)9-5-20-7-13-26(25(30)16-20)37-29(32,33)34/h6-7,10-13,15-16,21,27H,2-5,8-9,14,17-18H2,1H3. The fourth-order valence-corrected chi connectivity index (χ4v) is 4.62. The van der Waals surface area contributed by atoms with Crippen LogP contribution in [0.3, 0.4) is 0 Å². The summed E-state index contributed by atoms with van der Waals surface area (Å²) in [5, 5.41) is 1.27. The van der Waals surface area contributed by atoms with Crippen LogP contribution < -0.4 is 4.74 Å². The van der Waals surface area contributed by atoms with E-state index in [0.717, 1.165) is 55.6 Å². The number of ether oxygens (including phenoxy) is 3. The maximum absolute atomic E-state index is 15.2. The van der Waals surface area contributed by atoms with Crippen LogP contribution in [0, 0.1) is 17.6 Å². The van der Waals surface area contributed by atoms with Crippen LogP contribution in [0.1, 0.15) is 49.3 Å². The molecule has 0 aliphatic carbocycles. The van der Waals surface area contributed by atoms with Crippen LogP contribution in [0.2, 0.25) is 0 Å². The normalized spacial score (nSPS) is 18.3. The second kappa shape index (κ2) is 12.2. The molecule has 37 heavy (non-hydrogen) atoms. The van der Waals surface area contributed by atoms with Gasteiger partial charge in [-0.05, 0) is 59.9 Å². The van der Waals surface area contributed by atoms with Crippen molar-refractivity contribution in [2.75, 3.05) is 13.2 Å². The summed E-state index contributed by atoms with van der Waals surface area (Å²) in [6.45, 7) is 3.64. The van der Waals surface area contributed by atoms with Crippen molar-refractivity contribution in [3.8, 4) is 5.75 Å². The highest BCUT2D eigenvalue weighted by Crippen LogP contribution is 2.28. The second-order valence-corrected chi connectivity index (χ2v) is 9.55. The molecule has 4 rings (SSSR count). The number of rotatable bonds is 10. The number of aryl methyl sites for hydroxylation is 3. The van der Waals surface area contributed by atoms with Crippen molar-refractivity contribution in [2.45, 2.75) is 64.5 Å². The molecule has 8 heteroatoms. The van der Waals surface area contributed by atoms with Crippen molar-refractivity contribution in [3.63, 3.8) is 0 Å². The van der Waals surface area contributed by atoms with Crippen molar-refractivity contribution in [3.05, 3.63) is 76.9 Å². The lowest BCUT2D eigenvalue weighted by atomic mass is 9.98. The smallest absolute Gasteiger partial charge is 0.403 e. The van der Waals surface area contributed by atoms with Crippen LogP contribution in [-0.2, 0) is 28.7 Å². The van der Waals surface area contributed by atoms with E-state index in [9.17, 15) is 17.6 Å². The Morgan fingerprint density at radius 1 is 0.865 bits per heavy atom. The molecule has 0 radical (unpaired) electrons. The first-order valence-corrected chi connectivity index (χ1v) is 12.7. The van der Waals surface area contributed by atoms with Crippen LogP contribution >= 0.6 is 0 Å². The zero-order chi connectivity index (χ0) is 26.4. The van der Waals surface area contributed by atoms with Crippen LogP contribution in [0.4, 0.5) is 22.0 Å². The van der Waals surface area contributed by atoms with Gasteiger partial charge in [0.15, 0.2) is 17.9 Å². The third kappa shape index (κ3) is 7.65. The van der Waals surface area contributed by atoms with E-state index in [1.165, 1.54) is 18.9 Å². The number of alkyl halides is 3. The summed E-state index contributed by atoms with van der Waals surface area (Å²) in [5.74, 6) is -1.88. The van der Waals surface area contributed by atoms with Gasteiger partial charge in [0, 0.05) is 17.7 Å². The van der Waals surface area contributed by atoms with Gasteiger partial charge in [0.2, 0.25) is 0 Å². The molecular formula is C29H31F5O3. The number of hydrogen-bond acceptors (Lipinski definition) is 3. The van der Waals surface area contributed by atoms with Crippen molar-refractivity contribution < 1.29 is 36.2 Å². The Labute approximate surface area is 213 Å². The maximum Gasteiger partial charge on any atom is 0.573 e. The highest BCUT2D eigenvalue weighted by molar-refractivity contribution is 5.84. The van der Waals surface area contributed by atoms with Gasteiger partial charge in [0.05, 0.1) is 13.2 Å². The van der Waals surface area contributed by atoms with Crippen LogP contribution in [-0.4, -0.2) is 25.9 Å². The Bertz CT molecular complexity index is 1190. The third-order valence-corrected chi connectivity index (χ3v) is 6.67. The fraction of sp³-hybridized carbons (Fsp3) is 0.448. The number of benzene rings is 3. The van der Waals surface area contributed by atoms with Crippen LogP contribution in [0.25, 0.3) is 10.8 Å². The summed E-state index contributed by atoms with van der Waals surface area (Å²) in [6, 6.07) is 12.4. The molecule has 0 N–H and O–H groups in total. The molecule has 0 saturated carbocycles. The number of unbranched alkanes of at least 4 members (excludes halogenated alkanes) is 1. The molecule has 0 aromatic heterocycles. The van der Waals surface area contributed by atoms with E-state index in [1.54, 1.807) is 12.1 Å². The predicted octanol–water partition coefficient (Wildman–Crippen LogP) is 7.91. The van der Waals surface area contributed by atoms with Gasteiger partial charge in [-0.3, -0.25) is 0 Å². The van der Waals surface area contributed by atoms with E-state index in [1.807, 2.05) is 18.2 Å². The lowest BCUT2D eigenvalue weighted by Crippen LogP contribution is -2.32. The van der Waals surface area contributed by atoms with Gasteiger partial charge < -0.3 is 14.2 Å². The molecule has 1 fully saturated rings. The predicted molar refractivity (Wildman–Crippen MR) is 131 cm³/mol. The van der Waals surface area contributed by atoms with Gasteiger partial charge >= 0.3 is 6.36 Å². The molecule has 0 amide bonds. The average Bonchev–Trinajstić information content (AvgIpc) is 2.87. The highest BCUT2D eigenvalue weighted by atomic mass is 19.4. The Hall–Kier alpha value is -2.71. The molecule has 3 aromatic carbocycles. The third-order valence-electron chi connectivity index (χ3n) is 6.67. The lowest BCUT2D eigenvalue weighted by Gasteiger charge is -2.29. The first-order valence-electron chi connectivity index (χ1n) is 12.7. The molecule has 200 valence electrons. The Morgan fingerprint density at radius 2 is 1.59 bits per heavy atom. The van der Waals surface area contributed by atoms with Gasteiger partial charge in [0.1, 0.15) is 5.82 Å². The number of fused-ring (bicyclic) bond motifs is 1. The fourth-order valence-electron chi connectivity index (χ4n) is 4.62. The van der Waals surface area contributed by atoms with Gasteiger partial charge in [-0.15, -0.1) is 13.2 Å². The molecule has 0 atom stereocenters. The molecule has 1 aliphatic heterocycles. The van der Waals surface area contributed by atoms with Crippen molar-refractivity contribution >= 4 is 10.8 Å². The summed E-state index contributed by atoms with van der Waals surface area (Å²) in [4.78, 5) is 0. The topological polar surface area (TPSA) is 27.7 Å². The molecule has 1 heterocycles. The van der Waals surface area contributed by atoms with Gasteiger partial charge in [0.25, 0.3) is 0 Å². The summed E-state index contributed by atoms with van der Waals surface area (Å²) in [6.07, 6.45) is 0.326. The SMILES string of the molecule is CCCCC1COC(CCc2ccc3c(F)c(CCc4ccc(OC(F)(F)F)c(F)c4)ccc3c2)OC1. The summed E-state index contributed by atoms with van der Waals surface area (Å²) in [5.41, 5.74) is 1.97. The van der Waals surface area contributed by atoms with Gasteiger partial charge in [-0.1, -0.05) is 56.2 Å². The zero-order valence-corrected chi connectivity index (χ0v) is 20.8. The lowest BCUT2D eigenvalue weighted by molar-refractivity contribution is -0.275. The van der Waals surface area contributed by atoms with Gasteiger partial charge in [-0.25, -0.2) is 8.78 Å². The Balaban J connectivity index is 1.33. The Kier molecular flexibility index (Phi) is 9.03. The molecular weight excluding hydrogens is 491 g/mol. The summed E-state index contributed by atoms with van der Waals surface area (Å²) in [7, 11) is 0. The zero-order valence-electron chi connectivity index (χ0n) is 20.8. The van der Waals surface area contributed by atoms with E-state index < -0.39 is 17.9 Å². The maximum atomic E-state index is 15.2. The minimum absolute atomic E-state index is 0.216. The first-order chi connectivity index (χ1) is 17.7. The number of hydrogen-bond donors (Lipinski definition) is 0. The molecule has 0 unspecified atom stereocenters.